The summed E-state index contributed by atoms with van der Waals surface area (Å²) < 4.78 is 12.7. The molecule has 0 bridgehead atoms. The number of nitrogens with zero attached hydrogens (tertiary/aromatic N) is 3. The first-order valence-corrected chi connectivity index (χ1v) is 18.7. The van der Waals surface area contributed by atoms with E-state index in [0.717, 1.165) is 44.9 Å². The van der Waals surface area contributed by atoms with E-state index in [1.165, 1.54) is 0 Å². The lowest BCUT2D eigenvalue weighted by Gasteiger charge is -2.40. The molecule has 0 aromatic heterocycles. The van der Waals surface area contributed by atoms with Crippen LogP contribution in [-0.4, -0.2) is 60.1 Å². The summed E-state index contributed by atoms with van der Waals surface area (Å²) in [7, 11) is 1.65. The van der Waals surface area contributed by atoms with Gasteiger partial charge >= 0.3 is 0 Å². The maximum atomic E-state index is 15.2. The molecule has 0 saturated carbocycles. The predicted octanol–water partition coefficient (Wildman–Crippen LogP) is 6.14. The van der Waals surface area contributed by atoms with E-state index < -0.39 is 17.1 Å². The Hall–Kier alpha value is -4.99. The second-order valence-corrected chi connectivity index (χ2v) is 15.6. The van der Waals surface area contributed by atoms with E-state index in [9.17, 15) is 14.7 Å². The number of carbonyl (C=O) groups excluding carboxylic acids is 3. The fraction of sp³-hybridized carbons (Fsp3) is 0.386. The largest absolute Gasteiger partial charge is 0.497 e. The predicted molar refractivity (Wildman–Crippen MR) is 202 cm³/mol. The summed E-state index contributed by atoms with van der Waals surface area (Å²) in [6.45, 7) is 7.73. The van der Waals surface area contributed by atoms with Crippen LogP contribution < -0.4 is 14.5 Å². The van der Waals surface area contributed by atoms with Crippen molar-refractivity contribution >= 4 is 29.1 Å². The van der Waals surface area contributed by atoms with Gasteiger partial charge in [0.15, 0.2) is 5.60 Å². The Balaban J connectivity index is 1.17. The molecule has 9 heteroatoms. The summed E-state index contributed by atoms with van der Waals surface area (Å²) in [5.41, 5.74) is 4.77. The highest BCUT2D eigenvalue weighted by Crippen LogP contribution is 2.60. The molecule has 8 rings (SSSR count). The van der Waals surface area contributed by atoms with Crippen LogP contribution >= 0.6 is 0 Å². The molecule has 1 N–H and O–H groups in total. The van der Waals surface area contributed by atoms with Gasteiger partial charge in [0, 0.05) is 42.6 Å². The van der Waals surface area contributed by atoms with E-state index in [1.807, 2.05) is 83.8 Å². The van der Waals surface area contributed by atoms with Crippen LogP contribution in [0.25, 0.3) is 0 Å². The third kappa shape index (κ3) is 5.72. The average molecular weight is 714 g/mol. The number of amides is 3. The second-order valence-electron chi connectivity index (χ2n) is 15.6. The molecule has 1 spiro atoms. The van der Waals surface area contributed by atoms with Gasteiger partial charge in [0.25, 0.3) is 5.91 Å². The van der Waals surface area contributed by atoms with Gasteiger partial charge in [-0.3, -0.25) is 14.4 Å². The number of hydrogen-bond donors (Lipinski definition) is 1. The maximum absolute atomic E-state index is 15.2. The van der Waals surface area contributed by atoms with E-state index in [2.05, 4.69) is 39.0 Å². The molecular formula is C44H47N3O6. The maximum Gasteiger partial charge on any atom is 0.264 e. The number of β-lactam (4-membered cyclic amide) rings is 1. The van der Waals surface area contributed by atoms with Crippen molar-refractivity contribution in [2.75, 3.05) is 30.1 Å². The van der Waals surface area contributed by atoms with Crippen LogP contribution in [0.5, 0.6) is 5.75 Å². The van der Waals surface area contributed by atoms with Crippen LogP contribution in [0.3, 0.4) is 0 Å². The lowest BCUT2D eigenvalue weighted by molar-refractivity contribution is -0.151. The number of aliphatic hydroxyl groups is 1. The monoisotopic (exact) mass is 713 g/mol. The van der Waals surface area contributed by atoms with E-state index in [1.54, 1.807) is 16.9 Å². The van der Waals surface area contributed by atoms with Gasteiger partial charge in [-0.15, -0.1) is 0 Å². The highest BCUT2D eigenvalue weighted by Gasteiger charge is 2.66. The Labute approximate surface area is 311 Å². The van der Waals surface area contributed by atoms with Crippen LogP contribution in [0.1, 0.15) is 61.4 Å². The lowest BCUT2D eigenvalue weighted by Crippen LogP contribution is -2.48. The van der Waals surface area contributed by atoms with E-state index >= 15 is 4.79 Å². The van der Waals surface area contributed by atoms with Crippen LogP contribution in [0, 0.1) is 11.8 Å². The summed E-state index contributed by atoms with van der Waals surface area (Å²) in [6, 6.07) is 31.4. The molecule has 9 nitrogen and oxygen atoms in total. The number of para-hydroxylation sites is 1. The summed E-state index contributed by atoms with van der Waals surface area (Å²) in [4.78, 5) is 47.3. The van der Waals surface area contributed by atoms with Crippen LogP contribution in [-0.2, 0) is 49.6 Å². The van der Waals surface area contributed by atoms with E-state index in [-0.39, 0.29) is 48.6 Å². The molecule has 0 unspecified atom stereocenters. The van der Waals surface area contributed by atoms with Crippen molar-refractivity contribution in [1.82, 2.24) is 4.90 Å². The number of anilines is 2. The third-order valence-corrected chi connectivity index (χ3v) is 12.4. The molecule has 53 heavy (non-hydrogen) atoms. The summed E-state index contributed by atoms with van der Waals surface area (Å²) in [6.07, 6.45) is 0.586. The van der Waals surface area contributed by atoms with Crippen LogP contribution in [0.2, 0.25) is 0 Å². The molecule has 2 fully saturated rings. The Morgan fingerprint density at radius 2 is 1.70 bits per heavy atom. The van der Waals surface area contributed by atoms with Gasteiger partial charge in [-0.05, 0) is 64.4 Å². The number of fused-ring (bicyclic) bond motifs is 3. The van der Waals surface area contributed by atoms with E-state index in [0.29, 0.717) is 32.5 Å². The Morgan fingerprint density at radius 3 is 2.40 bits per heavy atom. The topological polar surface area (TPSA) is 99.6 Å². The lowest BCUT2D eigenvalue weighted by atomic mass is 9.63. The molecule has 4 heterocycles. The molecule has 4 aromatic rings. The number of methoxy groups -OCH3 is 1. The van der Waals surface area contributed by atoms with Gasteiger partial charge in [-0.25, -0.2) is 0 Å². The fourth-order valence-corrected chi connectivity index (χ4v) is 9.55. The number of carbonyl (C=O) groups is 3. The highest BCUT2D eigenvalue weighted by atomic mass is 16.5. The SMILES string of the molecule is COc1ccc(C(C)(C)[C@H]2[C@H](CC(=O)N3Cc4ccccc4C[C@H]3CO)O[C@@]3(C(=O)N(Cc4cccc(N5CCC5=O)c4)c4ccccc43)[C@@H]2C)cc1. The first kappa shape index (κ1) is 35.1. The molecule has 4 aromatic carbocycles. The van der Waals surface area contributed by atoms with Gasteiger partial charge in [-0.2, -0.15) is 0 Å². The normalized spacial score (nSPS) is 25.0. The van der Waals surface area contributed by atoms with Crippen molar-refractivity contribution in [3.63, 3.8) is 0 Å². The average Bonchev–Trinajstić information content (AvgIpc) is 3.59. The molecule has 0 radical (unpaired) electrons. The van der Waals surface area contributed by atoms with Crippen molar-refractivity contribution in [3.8, 4) is 5.75 Å². The smallest absolute Gasteiger partial charge is 0.264 e. The second kappa shape index (κ2) is 13.5. The molecule has 0 aliphatic carbocycles. The molecular weight excluding hydrogens is 666 g/mol. The zero-order valence-corrected chi connectivity index (χ0v) is 30.8. The highest BCUT2D eigenvalue weighted by molar-refractivity contribution is 6.07. The molecule has 2 saturated heterocycles. The molecule has 3 amide bonds. The standard InChI is InChI=1S/C44H47N3O6/c1-28-41(43(2,3)32-16-18-35(52-4)19-17-32)38(24-40(50)46-26-31-12-6-5-11-30(31)23-34(46)27-48)53-44(28)36-14-7-8-15-37(36)47(42(44)51)25-29-10-9-13-33(22-29)45-21-20-39(45)49/h5-19,22,28,34,38,41,48H,20-21,23-27H2,1-4H3/t28-,34+,38+,41-,44+/m1/s1. The van der Waals surface area contributed by atoms with Crippen molar-refractivity contribution < 1.29 is 29.0 Å². The Bertz CT molecular complexity index is 2060. The Kier molecular flexibility index (Phi) is 8.90. The van der Waals surface area contributed by atoms with Gasteiger partial charge in [0.05, 0.1) is 44.5 Å². The van der Waals surface area contributed by atoms with E-state index in [4.69, 9.17) is 9.47 Å². The van der Waals surface area contributed by atoms with Crippen molar-refractivity contribution in [2.24, 2.45) is 11.8 Å². The minimum Gasteiger partial charge on any atom is -0.497 e. The van der Waals surface area contributed by atoms with Gasteiger partial charge in [0.2, 0.25) is 11.8 Å². The fourth-order valence-electron chi connectivity index (χ4n) is 9.55. The van der Waals surface area contributed by atoms with Crippen molar-refractivity contribution in [1.29, 1.82) is 0 Å². The van der Waals surface area contributed by atoms with Crippen LogP contribution in [0.4, 0.5) is 11.4 Å². The molecule has 5 atom stereocenters. The molecule has 4 aliphatic heterocycles. The Morgan fingerprint density at radius 1 is 0.962 bits per heavy atom. The zero-order chi connectivity index (χ0) is 37.1. The molecule has 274 valence electrons. The number of ether oxygens (including phenoxy) is 2. The van der Waals surface area contributed by atoms with Crippen LogP contribution in [0.15, 0.2) is 97.1 Å². The van der Waals surface area contributed by atoms with Gasteiger partial charge in [-0.1, -0.05) is 87.5 Å². The zero-order valence-electron chi connectivity index (χ0n) is 30.8. The first-order valence-electron chi connectivity index (χ1n) is 18.7. The van der Waals surface area contributed by atoms with Gasteiger partial charge in [0.1, 0.15) is 5.75 Å². The third-order valence-electron chi connectivity index (χ3n) is 12.4. The number of hydrogen-bond acceptors (Lipinski definition) is 6. The quantitative estimate of drug-likeness (QED) is 0.210. The van der Waals surface area contributed by atoms with Crippen molar-refractivity contribution in [2.45, 2.75) is 76.3 Å². The summed E-state index contributed by atoms with van der Waals surface area (Å²) in [5.74, 6) is 0.0292. The number of benzene rings is 4. The number of aliphatic hydroxyl groups excluding tert-OH is 1. The first-order chi connectivity index (χ1) is 25.6. The minimum atomic E-state index is -1.33. The number of rotatable bonds is 9. The molecule has 4 aliphatic rings. The minimum absolute atomic E-state index is 0.0658. The summed E-state index contributed by atoms with van der Waals surface area (Å²) in [5, 5.41) is 10.4. The van der Waals surface area contributed by atoms with Crippen molar-refractivity contribution in [3.05, 3.63) is 125 Å². The van der Waals surface area contributed by atoms with Gasteiger partial charge < -0.3 is 29.3 Å². The summed E-state index contributed by atoms with van der Waals surface area (Å²) >= 11 is 0.